The molecule has 0 radical (unpaired) electrons. The summed E-state index contributed by atoms with van der Waals surface area (Å²) in [5.74, 6) is 0.119. The van der Waals surface area contributed by atoms with E-state index in [1.165, 1.54) is 18.5 Å². The van der Waals surface area contributed by atoms with Crippen molar-refractivity contribution in [2.24, 2.45) is 5.92 Å². The fraction of sp³-hybridized carbons (Fsp3) is 0.690. The molecule has 3 amide bonds. The molecule has 37 heavy (non-hydrogen) atoms. The lowest BCUT2D eigenvalue weighted by Crippen LogP contribution is -2.46. The van der Waals surface area contributed by atoms with Gasteiger partial charge in [-0.1, -0.05) is 12.1 Å². The molecule has 0 spiro atoms. The molecule has 3 fully saturated rings. The molecule has 2 N–H and O–H groups in total. The second-order valence-electron chi connectivity index (χ2n) is 12.1. The van der Waals surface area contributed by atoms with Crippen LogP contribution in [0.4, 0.5) is 10.5 Å². The summed E-state index contributed by atoms with van der Waals surface area (Å²) in [5.41, 5.74) is 1.73. The number of anilines is 1. The molecule has 0 aromatic heterocycles. The highest BCUT2D eigenvalue weighted by molar-refractivity contribution is 6.00. The smallest absolute Gasteiger partial charge is 0.407 e. The average molecular weight is 513 g/mol. The van der Waals surface area contributed by atoms with Crippen molar-refractivity contribution in [3.63, 3.8) is 0 Å². The summed E-state index contributed by atoms with van der Waals surface area (Å²) in [5, 5.41) is 5.50. The summed E-state index contributed by atoms with van der Waals surface area (Å²) < 4.78 is 5.41. The van der Waals surface area contributed by atoms with E-state index < -0.39 is 5.60 Å². The lowest BCUT2D eigenvalue weighted by molar-refractivity contribution is -0.134. The lowest BCUT2D eigenvalue weighted by atomic mass is 9.88. The minimum absolute atomic E-state index is 0.172. The molecule has 2 saturated heterocycles. The number of alkyl carbamates (subject to hydrolysis) is 1. The van der Waals surface area contributed by atoms with Crippen molar-refractivity contribution in [3.8, 4) is 0 Å². The minimum atomic E-state index is -0.462. The molecule has 2 heterocycles. The number of hydrogen-bond donors (Lipinski definition) is 2. The van der Waals surface area contributed by atoms with Gasteiger partial charge in [0.15, 0.2) is 0 Å². The second-order valence-corrected chi connectivity index (χ2v) is 12.1. The summed E-state index contributed by atoms with van der Waals surface area (Å²) in [6.07, 6.45) is 7.26. The zero-order valence-corrected chi connectivity index (χ0v) is 22.9. The predicted octanol–water partition coefficient (Wildman–Crippen LogP) is 4.19. The van der Waals surface area contributed by atoms with E-state index in [1.54, 1.807) is 0 Å². The normalized spacial score (nSPS) is 25.6. The van der Waals surface area contributed by atoms with Gasteiger partial charge in [0, 0.05) is 43.8 Å². The van der Waals surface area contributed by atoms with Crippen LogP contribution >= 0.6 is 0 Å². The number of rotatable bonds is 6. The minimum Gasteiger partial charge on any atom is -0.444 e. The molecule has 4 rings (SSSR count). The maximum Gasteiger partial charge on any atom is 0.407 e. The Morgan fingerprint density at radius 1 is 1.03 bits per heavy atom. The van der Waals surface area contributed by atoms with Gasteiger partial charge in [-0.3, -0.25) is 14.9 Å². The number of piperidine rings is 2. The van der Waals surface area contributed by atoms with Crippen LogP contribution in [0.5, 0.6) is 0 Å². The molecule has 204 valence electrons. The van der Waals surface area contributed by atoms with E-state index in [9.17, 15) is 14.4 Å². The van der Waals surface area contributed by atoms with Crippen LogP contribution in [0.3, 0.4) is 0 Å². The van der Waals surface area contributed by atoms with Crippen molar-refractivity contribution in [3.05, 3.63) is 29.8 Å². The van der Waals surface area contributed by atoms with Gasteiger partial charge in [-0.2, -0.15) is 0 Å². The van der Waals surface area contributed by atoms with Gasteiger partial charge < -0.3 is 19.9 Å². The van der Waals surface area contributed by atoms with Crippen molar-refractivity contribution in [1.29, 1.82) is 0 Å². The summed E-state index contributed by atoms with van der Waals surface area (Å²) in [6.45, 7) is 8.89. The van der Waals surface area contributed by atoms with Crippen molar-refractivity contribution >= 4 is 23.6 Å². The molecule has 8 nitrogen and oxygen atoms in total. The van der Waals surface area contributed by atoms with Gasteiger partial charge in [-0.05, 0) is 96.4 Å². The van der Waals surface area contributed by atoms with Gasteiger partial charge in [0.05, 0.1) is 5.92 Å². The van der Waals surface area contributed by atoms with Gasteiger partial charge in [-0.25, -0.2) is 4.79 Å². The van der Waals surface area contributed by atoms with Gasteiger partial charge >= 0.3 is 6.09 Å². The second kappa shape index (κ2) is 11.8. The Morgan fingerprint density at radius 2 is 1.68 bits per heavy atom. The monoisotopic (exact) mass is 512 g/mol. The fourth-order valence-corrected chi connectivity index (χ4v) is 5.99. The molecule has 3 aliphatic rings. The zero-order valence-electron chi connectivity index (χ0n) is 22.9. The molecule has 8 heteroatoms. The third-order valence-corrected chi connectivity index (χ3v) is 8.10. The Labute approximate surface area is 221 Å². The molecule has 1 saturated carbocycles. The van der Waals surface area contributed by atoms with Crippen LogP contribution in [0.25, 0.3) is 0 Å². The molecule has 2 aliphatic heterocycles. The average Bonchev–Trinajstić information content (AvgIpc) is 2.84. The van der Waals surface area contributed by atoms with E-state index >= 15 is 0 Å². The largest absolute Gasteiger partial charge is 0.444 e. The standard InChI is InChI=1S/C29H44N4O4/c1-29(2,3)37-28(36)30-22-7-11-23(12-8-22)32(4)19-20-15-17-33(18-16-20)24-9-5-21(6-10-24)25-13-14-26(34)31-27(25)35/h5-6,9-10,20,22-23,25H,7-8,11-19H2,1-4H3,(H,30,36)(H,31,34,35). The Hall–Kier alpha value is -2.61. The molecule has 1 aromatic rings. The van der Waals surface area contributed by atoms with Crippen LogP contribution in [0, 0.1) is 5.92 Å². The highest BCUT2D eigenvalue weighted by Gasteiger charge is 2.30. The molecule has 0 bridgehead atoms. The SMILES string of the molecule is CN(CC1CCN(c2ccc(C3CCC(=O)NC3=O)cc2)CC1)C1CCC(NC(=O)OC(C)(C)C)CC1. The first kappa shape index (κ1) is 27.4. The van der Waals surface area contributed by atoms with Gasteiger partial charge in [-0.15, -0.1) is 0 Å². The van der Waals surface area contributed by atoms with E-state index in [4.69, 9.17) is 4.74 Å². The van der Waals surface area contributed by atoms with E-state index in [0.29, 0.717) is 24.8 Å². The third kappa shape index (κ3) is 7.69. The summed E-state index contributed by atoms with van der Waals surface area (Å²) >= 11 is 0. The quantitative estimate of drug-likeness (QED) is 0.556. The van der Waals surface area contributed by atoms with Crippen molar-refractivity contribution < 1.29 is 19.1 Å². The Bertz CT molecular complexity index is 942. The number of carbonyl (C=O) groups is 3. The highest BCUT2D eigenvalue weighted by Crippen LogP contribution is 2.30. The summed E-state index contributed by atoms with van der Waals surface area (Å²) in [6, 6.07) is 9.12. The Morgan fingerprint density at radius 3 is 2.27 bits per heavy atom. The topological polar surface area (TPSA) is 91.0 Å². The van der Waals surface area contributed by atoms with Crippen molar-refractivity contribution in [2.75, 3.05) is 31.6 Å². The molecule has 1 aliphatic carbocycles. The van der Waals surface area contributed by atoms with Crippen LogP contribution in [-0.2, 0) is 14.3 Å². The number of imide groups is 1. The number of amides is 3. The predicted molar refractivity (Wildman–Crippen MR) is 145 cm³/mol. The highest BCUT2D eigenvalue weighted by atomic mass is 16.6. The lowest BCUT2D eigenvalue weighted by Gasteiger charge is -2.39. The van der Waals surface area contributed by atoms with Gasteiger partial charge in [0.1, 0.15) is 5.60 Å². The molecule has 1 unspecified atom stereocenters. The van der Waals surface area contributed by atoms with E-state index in [-0.39, 0.29) is 29.9 Å². The van der Waals surface area contributed by atoms with Gasteiger partial charge in [0.2, 0.25) is 11.8 Å². The van der Waals surface area contributed by atoms with E-state index in [2.05, 4.69) is 39.6 Å². The first-order valence-corrected chi connectivity index (χ1v) is 14.0. The van der Waals surface area contributed by atoms with Crippen LogP contribution in [-0.4, -0.2) is 67.2 Å². The van der Waals surface area contributed by atoms with E-state index in [0.717, 1.165) is 50.9 Å². The van der Waals surface area contributed by atoms with Crippen molar-refractivity contribution in [2.45, 2.75) is 95.7 Å². The number of nitrogens with one attached hydrogen (secondary N) is 2. The fourth-order valence-electron chi connectivity index (χ4n) is 5.99. The number of hydrogen-bond acceptors (Lipinski definition) is 6. The summed E-state index contributed by atoms with van der Waals surface area (Å²) in [7, 11) is 2.26. The Balaban J connectivity index is 1.18. The number of ether oxygens (including phenoxy) is 1. The first-order chi connectivity index (χ1) is 17.6. The van der Waals surface area contributed by atoms with Crippen LogP contribution in [0.2, 0.25) is 0 Å². The maximum absolute atomic E-state index is 12.2. The van der Waals surface area contributed by atoms with Gasteiger partial charge in [0.25, 0.3) is 0 Å². The van der Waals surface area contributed by atoms with Crippen molar-refractivity contribution in [1.82, 2.24) is 15.5 Å². The first-order valence-electron chi connectivity index (χ1n) is 14.0. The zero-order chi connectivity index (χ0) is 26.6. The number of nitrogens with zero attached hydrogens (tertiary/aromatic N) is 2. The molecule has 1 atom stereocenters. The maximum atomic E-state index is 12.2. The third-order valence-electron chi connectivity index (χ3n) is 8.10. The number of benzene rings is 1. The van der Waals surface area contributed by atoms with E-state index in [1.807, 2.05) is 32.9 Å². The molecular weight excluding hydrogens is 468 g/mol. The number of carbonyl (C=O) groups excluding carboxylic acids is 3. The molecule has 1 aromatic carbocycles. The van der Waals surface area contributed by atoms with Crippen LogP contribution in [0.1, 0.15) is 83.6 Å². The summed E-state index contributed by atoms with van der Waals surface area (Å²) in [4.78, 5) is 40.6. The molecular formula is C29H44N4O4. The Kier molecular flexibility index (Phi) is 8.78. The van der Waals surface area contributed by atoms with Crippen LogP contribution < -0.4 is 15.5 Å². The van der Waals surface area contributed by atoms with Crippen LogP contribution in [0.15, 0.2) is 24.3 Å².